The van der Waals surface area contributed by atoms with Crippen molar-refractivity contribution in [2.75, 3.05) is 32.8 Å². The van der Waals surface area contributed by atoms with E-state index in [0.717, 1.165) is 39.4 Å². The SMILES string of the molecule is CC(CN1CCOCC1)NCc1n[nH]c2c1CCCCC2. The number of nitrogens with zero attached hydrogens (tertiary/aromatic N) is 2. The summed E-state index contributed by atoms with van der Waals surface area (Å²) in [5, 5.41) is 11.4. The molecule has 1 aliphatic heterocycles. The monoisotopic (exact) mass is 292 g/mol. The number of H-pyrrole nitrogens is 1. The summed E-state index contributed by atoms with van der Waals surface area (Å²) >= 11 is 0. The van der Waals surface area contributed by atoms with Crippen LogP contribution in [0.4, 0.5) is 0 Å². The second-order valence-corrected chi connectivity index (χ2v) is 6.38. The summed E-state index contributed by atoms with van der Waals surface area (Å²) in [6.45, 7) is 8.11. The average Bonchev–Trinajstić information content (AvgIpc) is 2.73. The Morgan fingerprint density at radius 3 is 2.90 bits per heavy atom. The van der Waals surface area contributed by atoms with Crippen LogP contribution in [-0.4, -0.2) is 54.0 Å². The molecule has 0 spiro atoms. The third-order valence-corrected chi connectivity index (χ3v) is 4.65. The van der Waals surface area contributed by atoms with Crippen molar-refractivity contribution in [3.05, 3.63) is 17.0 Å². The molecule has 1 saturated heterocycles. The predicted molar refractivity (Wildman–Crippen MR) is 83.4 cm³/mol. The summed E-state index contributed by atoms with van der Waals surface area (Å²) in [7, 11) is 0. The molecule has 1 fully saturated rings. The van der Waals surface area contributed by atoms with E-state index in [0.29, 0.717) is 6.04 Å². The maximum atomic E-state index is 5.40. The van der Waals surface area contributed by atoms with E-state index in [4.69, 9.17) is 4.74 Å². The van der Waals surface area contributed by atoms with Gasteiger partial charge in [-0.1, -0.05) is 6.42 Å². The predicted octanol–water partition coefficient (Wildman–Crippen LogP) is 1.49. The van der Waals surface area contributed by atoms with Gasteiger partial charge in [0.1, 0.15) is 0 Å². The van der Waals surface area contributed by atoms with Gasteiger partial charge >= 0.3 is 0 Å². The third kappa shape index (κ3) is 4.05. The van der Waals surface area contributed by atoms with Gasteiger partial charge in [-0.25, -0.2) is 0 Å². The Morgan fingerprint density at radius 2 is 2.05 bits per heavy atom. The number of rotatable bonds is 5. The van der Waals surface area contributed by atoms with Crippen LogP contribution < -0.4 is 5.32 Å². The molecule has 5 nitrogen and oxygen atoms in total. The van der Waals surface area contributed by atoms with Crippen LogP contribution in [0, 0.1) is 0 Å². The molecular weight excluding hydrogens is 264 g/mol. The van der Waals surface area contributed by atoms with E-state index in [1.165, 1.54) is 49.1 Å². The number of hydrogen-bond acceptors (Lipinski definition) is 4. The molecule has 0 radical (unpaired) electrons. The lowest BCUT2D eigenvalue weighted by atomic mass is 10.1. The van der Waals surface area contributed by atoms with E-state index in [-0.39, 0.29) is 0 Å². The molecule has 0 bridgehead atoms. The summed E-state index contributed by atoms with van der Waals surface area (Å²) in [5.74, 6) is 0. The maximum absolute atomic E-state index is 5.40. The Kier molecular flexibility index (Phi) is 5.27. The lowest BCUT2D eigenvalue weighted by Gasteiger charge is -2.29. The number of hydrogen-bond donors (Lipinski definition) is 2. The Bertz CT molecular complexity index is 439. The van der Waals surface area contributed by atoms with E-state index in [2.05, 4.69) is 27.3 Å². The zero-order valence-corrected chi connectivity index (χ0v) is 13.2. The summed E-state index contributed by atoms with van der Waals surface area (Å²) < 4.78 is 5.40. The second kappa shape index (κ2) is 7.38. The number of ether oxygens (including phenoxy) is 1. The van der Waals surface area contributed by atoms with E-state index in [9.17, 15) is 0 Å². The maximum Gasteiger partial charge on any atom is 0.0794 e. The van der Waals surface area contributed by atoms with Gasteiger partial charge in [-0.2, -0.15) is 5.10 Å². The van der Waals surface area contributed by atoms with Gasteiger partial charge in [0.15, 0.2) is 0 Å². The van der Waals surface area contributed by atoms with Gasteiger partial charge in [0, 0.05) is 37.9 Å². The number of morpholine rings is 1. The quantitative estimate of drug-likeness (QED) is 0.807. The molecular formula is C16H28N4O. The standard InChI is InChI=1S/C16H28N4O/c1-13(12-20-7-9-21-10-8-20)17-11-16-14-5-3-2-4-6-15(14)18-19-16/h13,17H,2-12H2,1H3,(H,18,19). The van der Waals surface area contributed by atoms with E-state index in [1.54, 1.807) is 0 Å². The minimum atomic E-state index is 0.487. The highest BCUT2D eigenvalue weighted by Crippen LogP contribution is 2.21. The van der Waals surface area contributed by atoms with Crippen LogP contribution in [0.2, 0.25) is 0 Å². The van der Waals surface area contributed by atoms with Gasteiger partial charge in [0.2, 0.25) is 0 Å². The first-order valence-electron chi connectivity index (χ1n) is 8.41. The van der Waals surface area contributed by atoms with E-state index in [1.807, 2.05) is 0 Å². The molecule has 2 heterocycles. The Balaban J connectivity index is 1.49. The van der Waals surface area contributed by atoms with Gasteiger partial charge in [-0.3, -0.25) is 10.00 Å². The minimum Gasteiger partial charge on any atom is -0.379 e. The van der Waals surface area contributed by atoms with Crippen LogP contribution >= 0.6 is 0 Å². The van der Waals surface area contributed by atoms with Gasteiger partial charge in [0.25, 0.3) is 0 Å². The number of aromatic amines is 1. The van der Waals surface area contributed by atoms with Gasteiger partial charge < -0.3 is 10.1 Å². The Morgan fingerprint density at radius 1 is 1.24 bits per heavy atom. The summed E-state index contributed by atoms with van der Waals surface area (Å²) in [4.78, 5) is 2.48. The molecule has 3 rings (SSSR count). The van der Waals surface area contributed by atoms with E-state index < -0.39 is 0 Å². The van der Waals surface area contributed by atoms with Gasteiger partial charge in [-0.05, 0) is 38.2 Å². The van der Waals surface area contributed by atoms with Crippen LogP contribution in [0.25, 0.3) is 0 Å². The van der Waals surface area contributed by atoms with Crippen molar-refractivity contribution in [2.24, 2.45) is 0 Å². The Hall–Kier alpha value is -0.910. The van der Waals surface area contributed by atoms with Crippen molar-refractivity contribution < 1.29 is 4.74 Å². The largest absolute Gasteiger partial charge is 0.379 e. The van der Waals surface area contributed by atoms with Crippen molar-refractivity contribution in [3.8, 4) is 0 Å². The topological polar surface area (TPSA) is 53.2 Å². The van der Waals surface area contributed by atoms with Crippen molar-refractivity contribution in [3.63, 3.8) is 0 Å². The fraction of sp³-hybridized carbons (Fsp3) is 0.812. The first kappa shape index (κ1) is 15.0. The summed E-state index contributed by atoms with van der Waals surface area (Å²) in [5.41, 5.74) is 4.10. The van der Waals surface area contributed by atoms with Crippen molar-refractivity contribution in [1.82, 2.24) is 20.4 Å². The van der Waals surface area contributed by atoms with Crippen LogP contribution in [0.3, 0.4) is 0 Å². The highest BCUT2D eigenvalue weighted by Gasteiger charge is 2.17. The normalized spacial score (nSPS) is 21.8. The lowest BCUT2D eigenvalue weighted by molar-refractivity contribution is 0.0343. The van der Waals surface area contributed by atoms with Crippen LogP contribution in [0.5, 0.6) is 0 Å². The van der Waals surface area contributed by atoms with Crippen molar-refractivity contribution in [2.45, 2.75) is 51.6 Å². The van der Waals surface area contributed by atoms with E-state index >= 15 is 0 Å². The number of aromatic nitrogens is 2. The summed E-state index contributed by atoms with van der Waals surface area (Å²) in [6, 6.07) is 0.487. The smallest absolute Gasteiger partial charge is 0.0794 e. The van der Waals surface area contributed by atoms with Crippen molar-refractivity contribution >= 4 is 0 Å². The second-order valence-electron chi connectivity index (χ2n) is 6.38. The molecule has 2 aliphatic rings. The molecule has 5 heteroatoms. The molecule has 21 heavy (non-hydrogen) atoms. The lowest BCUT2D eigenvalue weighted by Crippen LogP contribution is -2.44. The van der Waals surface area contributed by atoms with Gasteiger partial charge in [0.05, 0.1) is 18.9 Å². The minimum absolute atomic E-state index is 0.487. The van der Waals surface area contributed by atoms with Crippen molar-refractivity contribution in [1.29, 1.82) is 0 Å². The molecule has 118 valence electrons. The first-order valence-corrected chi connectivity index (χ1v) is 8.41. The van der Waals surface area contributed by atoms with Crippen LogP contribution in [0.15, 0.2) is 0 Å². The highest BCUT2D eigenvalue weighted by molar-refractivity contribution is 5.26. The van der Waals surface area contributed by atoms with Gasteiger partial charge in [-0.15, -0.1) is 0 Å². The molecule has 1 unspecified atom stereocenters. The zero-order valence-electron chi connectivity index (χ0n) is 13.2. The Labute approximate surface area is 127 Å². The molecule has 0 aromatic carbocycles. The molecule has 2 N–H and O–H groups in total. The number of fused-ring (bicyclic) bond motifs is 1. The zero-order chi connectivity index (χ0) is 14.5. The molecule has 1 aromatic heterocycles. The fourth-order valence-corrected chi connectivity index (χ4v) is 3.38. The molecule has 1 aromatic rings. The molecule has 1 atom stereocenters. The fourth-order valence-electron chi connectivity index (χ4n) is 3.38. The number of nitrogens with one attached hydrogen (secondary N) is 2. The first-order chi connectivity index (χ1) is 10.3. The molecule has 1 aliphatic carbocycles. The van der Waals surface area contributed by atoms with Crippen LogP contribution in [0.1, 0.15) is 43.1 Å². The highest BCUT2D eigenvalue weighted by atomic mass is 16.5. The summed E-state index contributed by atoms with van der Waals surface area (Å²) in [6.07, 6.45) is 6.33. The van der Waals surface area contributed by atoms with Crippen LogP contribution in [-0.2, 0) is 24.1 Å². The number of aryl methyl sites for hydroxylation is 1. The molecule has 0 amide bonds. The average molecular weight is 292 g/mol. The molecule has 0 saturated carbocycles. The third-order valence-electron chi connectivity index (χ3n) is 4.65.